The van der Waals surface area contributed by atoms with Gasteiger partial charge in [0.25, 0.3) is 0 Å². The lowest BCUT2D eigenvalue weighted by Gasteiger charge is -2.04. The zero-order valence-corrected chi connectivity index (χ0v) is 10.2. The third-order valence-electron chi connectivity index (χ3n) is 2.32. The molecule has 0 aliphatic heterocycles. The molecule has 0 saturated heterocycles. The molecule has 1 aromatic carbocycles. The Morgan fingerprint density at radius 3 is 2.79 bits per heavy atom. The molecule has 0 aliphatic carbocycles. The third kappa shape index (κ3) is 4.87. The first-order valence-corrected chi connectivity index (χ1v) is 5.62. The van der Waals surface area contributed by atoms with Crippen LogP contribution in [0, 0.1) is 11.6 Å². The molecule has 0 spiro atoms. The van der Waals surface area contributed by atoms with Crippen molar-refractivity contribution in [1.82, 2.24) is 5.43 Å². The second-order valence-electron chi connectivity index (χ2n) is 3.75. The van der Waals surface area contributed by atoms with Gasteiger partial charge in [-0.1, -0.05) is 12.1 Å². The predicted octanol–water partition coefficient (Wildman–Crippen LogP) is 2.11. The van der Waals surface area contributed by atoms with Crippen LogP contribution in [0.1, 0.15) is 12.0 Å². The molecule has 6 heteroatoms. The van der Waals surface area contributed by atoms with Gasteiger partial charge in [0.15, 0.2) is 0 Å². The second kappa shape index (κ2) is 7.25. The number of carboxylic acids is 1. The Bertz CT molecular complexity index is 501. The number of nitrogens with one attached hydrogen (secondary N) is 1. The lowest BCUT2D eigenvalue weighted by molar-refractivity contribution is -0.129. The van der Waals surface area contributed by atoms with E-state index in [0.717, 1.165) is 6.07 Å². The standard InChI is InChI=1S/C13H14F2N2O2/c1-2-3-12(13(18)19)17-16-7-6-9-4-5-10(14)8-11(9)15/h2,4-5,8,16H,1,3,6-7H2,(H,18,19)/b17-12+. The van der Waals surface area contributed by atoms with Gasteiger partial charge in [-0.3, -0.25) is 0 Å². The topological polar surface area (TPSA) is 61.7 Å². The van der Waals surface area contributed by atoms with E-state index in [2.05, 4.69) is 17.1 Å². The lowest BCUT2D eigenvalue weighted by atomic mass is 10.1. The highest BCUT2D eigenvalue weighted by Gasteiger charge is 2.07. The zero-order chi connectivity index (χ0) is 14.3. The van der Waals surface area contributed by atoms with Crippen LogP contribution in [-0.2, 0) is 11.2 Å². The van der Waals surface area contributed by atoms with E-state index in [9.17, 15) is 13.6 Å². The maximum absolute atomic E-state index is 13.3. The highest BCUT2D eigenvalue weighted by Crippen LogP contribution is 2.09. The number of allylic oxidation sites excluding steroid dienone is 1. The van der Waals surface area contributed by atoms with Crippen LogP contribution in [0.15, 0.2) is 36.0 Å². The van der Waals surface area contributed by atoms with Crippen molar-refractivity contribution in [2.45, 2.75) is 12.8 Å². The van der Waals surface area contributed by atoms with E-state index in [-0.39, 0.29) is 25.1 Å². The molecule has 0 heterocycles. The van der Waals surface area contributed by atoms with Crippen molar-refractivity contribution in [2.24, 2.45) is 5.10 Å². The molecule has 0 saturated carbocycles. The number of rotatable bonds is 7. The minimum atomic E-state index is -1.14. The summed E-state index contributed by atoms with van der Waals surface area (Å²) < 4.78 is 25.9. The van der Waals surface area contributed by atoms with E-state index < -0.39 is 17.6 Å². The number of aliphatic carboxylic acids is 1. The minimum absolute atomic E-state index is 0.0745. The number of carbonyl (C=O) groups is 1. The number of hydrazone groups is 1. The van der Waals surface area contributed by atoms with Gasteiger partial charge in [0, 0.05) is 19.0 Å². The fourth-order valence-electron chi connectivity index (χ4n) is 1.38. The first-order valence-electron chi connectivity index (χ1n) is 5.62. The Morgan fingerprint density at radius 1 is 1.47 bits per heavy atom. The Hall–Kier alpha value is -2.24. The van der Waals surface area contributed by atoms with E-state index in [1.54, 1.807) is 0 Å². The highest BCUT2D eigenvalue weighted by molar-refractivity contribution is 6.35. The first kappa shape index (κ1) is 14.8. The van der Waals surface area contributed by atoms with Crippen LogP contribution < -0.4 is 5.43 Å². The molecule has 1 aromatic rings. The van der Waals surface area contributed by atoms with Gasteiger partial charge in [0.05, 0.1) is 0 Å². The Labute approximate surface area is 109 Å². The van der Waals surface area contributed by atoms with Crippen LogP contribution in [-0.4, -0.2) is 23.3 Å². The Morgan fingerprint density at radius 2 is 2.21 bits per heavy atom. The smallest absolute Gasteiger partial charge is 0.352 e. The van der Waals surface area contributed by atoms with E-state index >= 15 is 0 Å². The van der Waals surface area contributed by atoms with E-state index in [1.165, 1.54) is 18.2 Å². The van der Waals surface area contributed by atoms with Gasteiger partial charge in [-0.25, -0.2) is 13.6 Å². The molecular weight excluding hydrogens is 254 g/mol. The van der Waals surface area contributed by atoms with Crippen LogP contribution in [0.25, 0.3) is 0 Å². The zero-order valence-electron chi connectivity index (χ0n) is 10.2. The van der Waals surface area contributed by atoms with Gasteiger partial charge < -0.3 is 10.5 Å². The summed E-state index contributed by atoms with van der Waals surface area (Å²) in [7, 11) is 0. The van der Waals surface area contributed by atoms with Crippen LogP contribution in [0.5, 0.6) is 0 Å². The van der Waals surface area contributed by atoms with Crippen molar-refractivity contribution in [3.05, 3.63) is 48.1 Å². The summed E-state index contributed by atoms with van der Waals surface area (Å²) in [5.74, 6) is -2.40. The number of hydrogen-bond acceptors (Lipinski definition) is 3. The molecule has 0 radical (unpaired) electrons. The fourth-order valence-corrected chi connectivity index (χ4v) is 1.38. The third-order valence-corrected chi connectivity index (χ3v) is 2.32. The maximum atomic E-state index is 13.3. The first-order chi connectivity index (χ1) is 9.04. The quantitative estimate of drug-likeness (QED) is 0.344. The summed E-state index contributed by atoms with van der Waals surface area (Å²) in [6.07, 6.45) is 1.83. The summed E-state index contributed by atoms with van der Waals surface area (Å²) in [6.45, 7) is 3.67. The van der Waals surface area contributed by atoms with Crippen LogP contribution in [0.4, 0.5) is 8.78 Å². The molecule has 1 rings (SSSR count). The van der Waals surface area contributed by atoms with Gasteiger partial charge in [-0.05, 0) is 18.1 Å². The molecule has 0 aliphatic rings. The largest absolute Gasteiger partial charge is 0.477 e. The molecule has 0 atom stereocenters. The molecule has 0 unspecified atom stereocenters. The van der Waals surface area contributed by atoms with E-state index in [4.69, 9.17) is 5.11 Å². The SMILES string of the molecule is C=CC/C(=N\NCCc1ccc(F)cc1F)C(=O)O. The molecule has 4 nitrogen and oxygen atoms in total. The van der Waals surface area contributed by atoms with Crippen molar-refractivity contribution < 1.29 is 18.7 Å². The number of benzene rings is 1. The Balaban J connectivity index is 2.51. The van der Waals surface area contributed by atoms with Gasteiger partial charge in [-0.2, -0.15) is 5.10 Å². The molecular formula is C13H14F2N2O2. The Kier molecular flexibility index (Phi) is 5.66. The minimum Gasteiger partial charge on any atom is -0.477 e. The molecule has 2 N–H and O–H groups in total. The average molecular weight is 268 g/mol. The summed E-state index contributed by atoms with van der Waals surface area (Å²) in [5.41, 5.74) is 2.80. The van der Waals surface area contributed by atoms with Gasteiger partial charge in [-0.15, -0.1) is 6.58 Å². The van der Waals surface area contributed by atoms with Gasteiger partial charge in [0.2, 0.25) is 0 Å². The van der Waals surface area contributed by atoms with E-state index in [1.807, 2.05) is 0 Å². The van der Waals surface area contributed by atoms with Crippen molar-refractivity contribution in [1.29, 1.82) is 0 Å². The second-order valence-corrected chi connectivity index (χ2v) is 3.75. The van der Waals surface area contributed by atoms with Crippen LogP contribution >= 0.6 is 0 Å². The average Bonchev–Trinajstić information content (AvgIpc) is 2.35. The van der Waals surface area contributed by atoms with Crippen molar-refractivity contribution in [3.63, 3.8) is 0 Å². The highest BCUT2D eigenvalue weighted by atomic mass is 19.1. The molecule has 102 valence electrons. The molecule has 0 bridgehead atoms. The maximum Gasteiger partial charge on any atom is 0.352 e. The predicted molar refractivity (Wildman–Crippen MR) is 67.9 cm³/mol. The monoisotopic (exact) mass is 268 g/mol. The molecule has 0 aromatic heterocycles. The van der Waals surface area contributed by atoms with Gasteiger partial charge in [0.1, 0.15) is 17.3 Å². The summed E-state index contributed by atoms with van der Waals surface area (Å²) >= 11 is 0. The van der Waals surface area contributed by atoms with Gasteiger partial charge >= 0.3 is 5.97 Å². The van der Waals surface area contributed by atoms with Crippen molar-refractivity contribution >= 4 is 11.7 Å². The van der Waals surface area contributed by atoms with Crippen LogP contribution in [0.3, 0.4) is 0 Å². The van der Waals surface area contributed by atoms with E-state index in [0.29, 0.717) is 5.56 Å². The normalized spacial score (nSPS) is 11.2. The molecule has 19 heavy (non-hydrogen) atoms. The number of carboxylic acid groups (broad SMARTS) is 1. The number of hydrogen-bond donors (Lipinski definition) is 2. The summed E-state index contributed by atoms with van der Waals surface area (Å²) in [6, 6.07) is 3.32. The molecule has 0 amide bonds. The fraction of sp³-hybridized carbons (Fsp3) is 0.231. The van der Waals surface area contributed by atoms with Crippen LogP contribution in [0.2, 0.25) is 0 Å². The lowest BCUT2D eigenvalue weighted by Crippen LogP contribution is -2.19. The summed E-state index contributed by atoms with van der Waals surface area (Å²) in [4.78, 5) is 10.7. The van der Waals surface area contributed by atoms with Crippen molar-refractivity contribution in [2.75, 3.05) is 6.54 Å². The summed E-state index contributed by atoms with van der Waals surface area (Å²) in [5, 5.41) is 12.4. The van der Waals surface area contributed by atoms with Crippen molar-refractivity contribution in [3.8, 4) is 0 Å². The number of nitrogens with zero attached hydrogens (tertiary/aromatic N) is 1. The number of halogens is 2. The molecule has 0 fully saturated rings.